The molecular formula is C20H36IN5O. The van der Waals surface area contributed by atoms with Crippen LogP contribution in [0.3, 0.4) is 0 Å². The molecular weight excluding hydrogens is 453 g/mol. The van der Waals surface area contributed by atoms with E-state index >= 15 is 0 Å². The van der Waals surface area contributed by atoms with Gasteiger partial charge in [-0.25, -0.2) is 4.98 Å². The van der Waals surface area contributed by atoms with E-state index < -0.39 is 0 Å². The Morgan fingerprint density at radius 2 is 2.00 bits per heavy atom. The lowest BCUT2D eigenvalue weighted by Crippen LogP contribution is -2.42. The summed E-state index contributed by atoms with van der Waals surface area (Å²) in [5.74, 6) is 2.66. The zero-order valence-corrected chi connectivity index (χ0v) is 19.5. The van der Waals surface area contributed by atoms with Gasteiger partial charge < -0.3 is 20.3 Å². The summed E-state index contributed by atoms with van der Waals surface area (Å²) < 4.78 is 5.45. The molecule has 1 aliphatic rings. The molecule has 0 spiro atoms. The number of nitrogens with zero attached hydrogens (tertiary/aromatic N) is 3. The van der Waals surface area contributed by atoms with E-state index in [1.165, 1.54) is 18.4 Å². The minimum atomic E-state index is 0. The standard InChI is InChI=1S/C20H35N5O.HI/c1-16(2)7-5-8-17(3)24-20(21-4)23-15-18-9-6-10-22-19(18)25-11-13-26-14-12-25;/h6,9-10,16-17H,5,7-8,11-15H2,1-4H3,(H2,21,23,24);1H. The molecule has 2 N–H and O–H groups in total. The van der Waals surface area contributed by atoms with Crippen molar-refractivity contribution in [3.63, 3.8) is 0 Å². The van der Waals surface area contributed by atoms with Crippen LogP contribution in [0, 0.1) is 5.92 Å². The second-order valence-corrected chi connectivity index (χ2v) is 7.38. The van der Waals surface area contributed by atoms with Gasteiger partial charge in [-0.05, 0) is 25.3 Å². The molecule has 27 heavy (non-hydrogen) atoms. The SMILES string of the molecule is CN=C(NCc1cccnc1N1CCOCC1)NC(C)CCCC(C)C.I. The molecule has 6 nitrogen and oxygen atoms in total. The molecule has 1 aromatic heterocycles. The van der Waals surface area contributed by atoms with Crippen LogP contribution in [0.5, 0.6) is 0 Å². The average molecular weight is 489 g/mol. The Morgan fingerprint density at radius 1 is 1.26 bits per heavy atom. The highest BCUT2D eigenvalue weighted by Gasteiger charge is 2.16. The van der Waals surface area contributed by atoms with Crippen LogP contribution in [0.4, 0.5) is 5.82 Å². The summed E-state index contributed by atoms with van der Waals surface area (Å²) in [5, 5.41) is 6.93. The van der Waals surface area contributed by atoms with Crippen molar-refractivity contribution in [1.29, 1.82) is 0 Å². The molecule has 0 amide bonds. The van der Waals surface area contributed by atoms with E-state index in [0.717, 1.165) is 50.4 Å². The number of guanidine groups is 1. The summed E-state index contributed by atoms with van der Waals surface area (Å²) in [6, 6.07) is 4.53. The Balaban J connectivity index is 0.00000364. The molecule has 0 aromatic carbocycles. The van der Waals surface area contributed by atoms with Crippen molar-refractivity contribution in [2.75, 3.05) is 38.3 Å². The summed E-state index contributed by atoms with van der Waals surface area (Å²) in [5.41, 5.74) is 1.19. The van der Waals surface area contributed by atoms with Gasteiger partial charge in [0, 0.05) is 44.5 Å². The summed E-state index contributed by atoms with van der Waals surface area (Å²) in [7, 11) is 1.82. The summed E-state index contributed by atoms with van der Waals surface area (Å²) in [6.45, 7) is 10.8. The van der Waals surface area contributed by atoms with Gasteiger partial charge >= 0.3 is 0 Å². The number of morpholine rings is 1. The molecule has 7 heteroatoms. The zero-order valence-electron chi connectivity index (χ0n) is 17.2. The maximum atomic E-state index is 5.45. The van der Waals surface area contributed by atoms with E-state index in [-0.39, 0.29) is 24.0 Å². The van der Waals surface area contributed by atoms with Gasteiger partial charge in [-0.2, -0.15) is 0 Å². The monoisotopic (exact) mass is 489 g/mol. The third kappa shape index (κ3) is 8.64. The van der Waals surface area contributed by atoms with Gasteiger partial charge in [-0.15, -0.1) is 24.0 Å². The first-order chi connectivity index (χ1) is 12.6. The summed E-state index contributed by atoms with van der Waals surface area (Å²) >= 11 is 0. The van der Waals surface area contributed by atoms with E-state index in [2.05, 4.69) is 52.3 Å². The predicted octanol–water partition coefficient (Wildman–Crippen LogP) is 3.42. The molecule has 2 heterocycles. The molecule has 0 bridgehead atoms. The molecule has 1 atom stereocenters. The molecule has 0 saturated carbocycles. The van der Waals surface area contributed by atoms with Crippen molar-refractivity contribution in [1.82, 2.24) is 15.6 Å². The maximum absolute atomic E-state index is 5.45. The number of nitrogens with one attached hydrogen (secondary N) is 2. The van der Waals surface area contributed by atoms with E-state index in [1.807, 2.05) is 19.3 Å². The highest BCUT2D eigenvalue weighted by molar-refractivity contribution is 14.0. The van der Waals surface area contributed by atoms with Crippen LogP contribution in [-0.2, 0) is 11.3 Å². The highest BCUT2D eigenvalue weighted by atomic mass is 127. The Labute approximate surface area is 181 Å². The van der Waals surface area contributed by atoms with Gasteiger partial charge in [0.15, 0.2) is 5.96 Å². The smallest absolute Gasteiger partial charge is 0.191 e. The van der Waals surface area contributed by atoms with Crippen LogP contribution in [0.2, 0.25) is 0 Å². The second kappa shape index (κ2) is 13.1. The molecule has 1 unspecified atom stereocenters. The van der Waals surface area contributed by atoms with Gasteiger partial charge in [0.25, 0.3) is 0 Å². The van der Waals surface area contributed by atoms with Crippen LogP contribution in [0.15, 0.2) is 23.3 Å². The quantitative estimate of drug-likeness (QED) is 0.333. The highest BCUT2D eigenvalue weighted by Crippen LogP contribution is 2.18. The molecule has 1 aromatic rings. The van der Waals surface area contributed by atoms with Gasteiger partial charge in [0.1, 0.15) is 5.82 Å². The number of anilines is 1. The third-order valence-corrected chi connectivity index (χ3v) is 4.65. The average Bonchev–Trinajstić information content (AvgIpc) is 2.65. The lowest BCUT2D eigenvalue weighted by Gasteiger charge is -2.29. The number of hydrogen-bond donors (Lipinski definition) is 2. The fraction of sp³-hybridized carbons (Fsp3) is 0.700. The maximum Gasteiger partial charge on any atom is 0.191 e. The lowest BCUT2D eigenvalue weighted by molar-refractivity contribution is 0.122. The molecule has 0 radical (unpaired) electrons. The van der Waals surface area contributed by atoms with Crippen molar-refractivity contribution >= 4 is 35.8 Å². The van der Waals surface area contributed by atoms with Crippen molar-refractivity contribution in [2.24, 2.45) is 10.9 Å². The topological polar surface area (TPSA) is 61.8 Å². The molecule has 154 valence electrons. The van der Waals surface area contributed by atoms with Crippen LogP contribution in [0.25, 0.3) is 0 Å². The van der Waals surface area contributed by atoms with Gasteiger partial charge in [0.05, 0.1) is 13.2 Å². The van der Waals surface area contributed by atoms with E-state index in [9.17, 15) is 0 Å². The third-order valence-electron chi connectivity index (χ3n) is 4.65. The number of aliphatic imine (C=N–C) groups is 1. The number of aromatic nitrogens is 1. The lowest BCUT2D eigenvalue weighted by atomic mass is 10.0. The Bertz CT molecular complexity index is 561. The number of hydrogen-bond acceptors (Lipinski definition) is 4. The van der Waals surface area contributed by atoms with Crippen molar-refractivity contribution in [3.05, 3.63) is 23.9 Å². The minimum Gasteiger partial charge on any atom is -0.378 e. The van der Waals surface area contributed by atoms with Crippen molar-refractivity contribution in [2.45, 2.75) is 52.6 Å². The largest absolute Gasteiger partial charge is 0.378 e. The predicted molar refractivity (Wildman–Crippen MR) is 124 cm³/mol. The Kier molecular flexibility index (Phi) is 11.7. The first-order valence-corrected chi connectivity index (χ1v) is 9.84. The van der Waals surface area contributed by atoms with Crippen molar-refractivity contribution in [3.8, 4) is 0 Å². The summed E-state index contributed by atoms with van der Waals surface area (Å²) in [6.07, 6.45) is 5.53. The fourth-order valence-electron chi connectivity index (χ4n) is 3.14. The molecule has 1 saturated heterocycles. The van der Waals surface area contributed by atoms with E-state index in [4.69, 9.17) is 4.74 Å². The van der Waals surface area contributed by atoms with E-state index in [0.29, 0.717) is 12.6 Å². The Morgan fingerprint density at radius 3 is 2.67 bits per heavy atom. The first-order valence-electron chi connectivity index (χ1n) is 9.84. The number of halogens is 1. The van der Waals surface area contributed by atoms with Gasteiger partial charge in [-0.1, -0.05) is 32.8 Å². The van der Waals surface area contributed by atoms with Crippen LogP contribution in [0.1, 0.15) is 45.6 Å². The van der Waals surface area contributed by atoms with Gasteiger partial charge in [-0.3, -0.25) is 4.99 Å². The van der Waals surface area contributed by atoms with Crippen LogP contribution >= 0.6 is 24.0 Å². The molecule has 0 aliphatic carbocycles. The summed E-state index contributed by atoms with van der Waals surface area (Å²) in [4.78, 5) is 11.3. The van der Waals surface area contributed by atoms with E-state index in [1.54, 1.807) is 0 Å². The molecule has 2 rings (SSSR count). The fourth-order valence-corrected chi connectivity index (χ4v) is 3.14. The molecule has 1 aliphatic heterocycles. The number of pyridine rings is 1. The normalized spacial score (nSPS) is 16.0. The number of rotatable bonds is 8. The Hall–Kier alpha value is -1.09. The minimum absolute atomic E-state index is 0. The second-order valence-electron chi connectivity index (χ2n) is 7.38. The number of ether oxygens (including phenoxy) is 1. The van der Waals surface area contributed by atoms with Crippen LogP contribution in [-0.4, -0.2) is 50.3 Å². The first kappa shape index (κ1) is 23.9. The molecule has 1 fully saturated rings. The zero-order chi connectivity index (χ0) is 18.8. The van der Waals surface area contributed by atoms with Crippen LogP contribution < -0.4 is 15.5 Å². The van der Waals surface area contributed by atoms with Gasteiger partial charge in [0.2, 0.25) is 0 Å². The van der Waals surface area contributed by atoms with Crippen molar-refractivity contribution < 1.29 is 4.74 Å².